The molecular formula is C19H28N2O2S. The zero-order chi connectivity index (χ0) is 16.9. The van der Waals surface area contributed by atoms with Crippen LogP contribution in [0.15, 0.2) is 18.2 Å². The van der Waals surface area contributed by atoms with Crippen LogP contribution in [0.4, 0.5) is 5.69 Å². The fraction of sp³-hybridized carbons (Fsp3) is 0.632. The standard InChI is InChI=1S/C19H28N2O2S/c1-14-3-4-17(12-21-7-9-24-10-8-21)11-18(14)20-19(22)15(2)23-13-16-5-6-16/h3-4,11,15-16H,5-10,12-13H2,1-2H3,(H,20,22). The van der Waals surface area contributed by atoms with Gasteiger partial charge < -0.3 is 10.1 Å². The number of hydrogen-bond acceptors (Lipinski definition) is 4. The lowest BCUT2D eigenvalue weighted by Crippen LogP contribution is -2.32. The summed E-state index contributed by atoms with van der Waals surface area (Å²) in [6.45, 7) is 7.82. The van der Waals surface area contributed by atoms with Crippen molar-refractivity contribution in [2.45, 2.75) is 39.3 Å². The molecule has 1 aliphatic carbocycles. The summed E-state index contributed by atoms with van der Waals surface area (Å²) in [6, 6.07) is 6.38. The van der Waals surface area contributed by atoms with Gasteiger partial charge in [-0.1, -0.05) is 12.1 Å². The van der Waals surface area contributed by atoms with Crippen LogP contribution >= 0.6 is 11.8 Å². The third-order valence-corrected chi connectivity index (χ3v) is 5.66. The maximum Gasteiger partial charge on any atom is 0.253 e. The molecule has 1 N–H and O–H groups in total. The Kier molecular flexibility index (Phi) is 6.19. The maximum absolute atomic E-state index is 12.3. The number of hydrogen-bond donors (Lipinski definition) is 1. The van der Waals surface area contributed by atoms with E-state index in [4.69, 9.17) is 4.74 Å². The highest BCUT2D eigenvalue weighted by molar-refractivity contribution is 7.99. The van der Waals surface area contributed by atoms with Crippen LogP contribution in [0.2, 0.25) is 0 Å². The molecule has 1 saturated heterocycles. The predicted octanol–water partition coefficient (Wildman–Crippen LogP) is 3.30. The Bertz CT molecular complexity index is 568. The first-order chi connectivity index (χ1) is 11.6. The van der Waals surface area contributed by atoms with Gasteiger partial charge in [-0.15, -0.1) is 0 Å². The van der Waals surface area contributed by atoms with Gasteiger partial charge in [-0.2, -0.15) is 11.8 Å². The summed E-state index contributed by atoms with van der Waals surface area (Å²) in [4.78, 5) is 14.8. The number of amides is 1. The van der Waals surface area contributed by atoms with E-state index >= 15 is 0 Å². The molecule has 2 fully saturated rings. The van der Waals surface area contributed by atoms with Crippen molar-refractivity contribution >= 4 is 23.4 Å². The van der Waals surface area contributed by atoms with Gasteiger partial charge in [-0.3, -0.25) is 9.69 Å². The first-order valence-electron chi connectivity index (χ1n) is 8.94. The fourth-order valence-electron chi connectivity index (χ4n) is 2.79. The van der Waals surface area contributed by atoms with Gasteiger partial charge in [0.15, 0.2) is 0 Å². The van der Waals surface area contributed by atoms with E-state index in [1.165, 1.54) is 29.9 Å². The number of thioether (sulfide) groups is 1. The van der Waals surface area contributed by atoms with Gasteiger partial charge in [0.2, 0.25) is 0 Å². The normalized spacial score (nSPS) is 19.9. The van der Waals surface area contributed by atoms with Gasteiger partial charge in [0, 0.05) is 36.8 Å². The molecule has 4 nitrogen and oxygen atoms in total. The second-order valence-electron chi connectivity index (χ2n) is 6.95. The van der Waals surface area contributed by atoms with Crippen LogP contribution in [0.5, 0.6) is 0 Å². The molecule has 1 aliphatic heterocycles. The molecule has 132 valence electrons. The largest absolute Gasteiger partial charge is 0.368 e. The third-order valence-electron chi connectivity index (χ3n) is 4.72. The monoisotopic (exact) mass is 348 g/mol. The first-order valence-corrected chi connectivity index (χ1v) is 10.1. The lowest BCUT2D eigenvalue weighted by Gasteiger charge is -2.26. The van der Waals surface area contributed by atoms with Gasteiger partial charge in [0.05, 0.1) is 6.61 Å². The molecule has 1 saturated carbocycles. The number of anilines is 1. The molecule has 1 amide bonds. The second-order valence-corrected chi connectivity index (χ2v) is 8.17. The van der Waals surface area contributed by atoms with Gasteiger partial charge in [0.25, 0.3) is 5.91 Å². The van der Waals surface area contributed by atoms with E-state index in [1.54, 1.807) is 0 Å². The van der Waals surface area contributed by atoms with E-state index in [9.17, 15) is 4.79 Å². The highest BCUT2D eigenvalue weighted by Gasteiger charge is 2.24. The lowest BCUT2D eigenvalue weighted by molar-refractivity contribution is -0.126. The molecule has 24 heavy (non-hydrogen) atoms. The van der Waals surface area contributed by atoms with Crippen molar-refractivity contribution in [1.82, 2.24) is 4.90 Å². The number of ether oxygens (including phenoxy) is 1. The van der Waals surface area contributed by atoms with Gasteiger partial charge in [-0.25, -0.2) is 0 Å². The van der Waals surface area contributed by atoms with Crippen molar-refractivity contribution in [1.29, 1.82) is 0 Å². The average Bonchev–Trinajstić information content (AvgIpc) is 3.41. The molecule has 3 rings (SSSR count). The summed E-state index contributed by atoms with van der Waals surface area (Å²) < 4.78 is 5.67. The Morgan fingerprint density at radius 3 is 2.83 bits per heavy atom. The highest BCUT2D eigenvalue weighted by atomic mass is 32.2. The zero-order valence-corrected chi connectivity index (χ0v) is 15.5. The summed E-state index contributed by atoms with van der Waals surface area (Å²) in [5, 5.41) is 3.05. The molecule has 0 aromatic heterocycles. The van der Waals surface area contributed by atoms with E-state index in [0.717, 1.165) is 30.9 Å². The topological polar surface area (TPSA) is 41.6 Å². The molecule has 2 aliphatic rings. The second kappa shape index (κ2) is 8.37. The van der Waals surface area contributed by atoms with E-state index in [2.05, 4.69) is 28.4 Å². The summed E-state index contributed by atoms with van der Waals surface area (Å²) in [5.41, 5.74) is 3.26. The molecule has 1 aromatic carbocycles. The zero-order valence-electron chi connectivity index (χ0n) is 14.7. The van der Waals surface area contributed by atoms with Crippen molar-refractivity contribution < 1.29 is 9.53 Å². The van der Waals surface area contributed by atoms with Gasteiger partial charge in [0.1, 0.15) is 6.10 Å². The van der Waals surface area contributed by atoms with Crippen LogP contribution < -0.4 is 5.32 Å². The maximum atomic E-state index is 12.3. The summed E-state index contributed by atoms with van der Waals surface area (Å²) in [5.74, 6) is 3.05. The highest BCUT2D eigenvalue weighted by Crippen LogP contribution is 2.29. The van der Waals surface area contributed by atoms with E-state index in [0.29, 0.717) is 12.5 Å². The average molecular weight is 349 g/mol. The summed E-state index contributed by atoms with van der Waals surface area (Å²) in [6.07, 6.45) is 2.09. The summed E-state index contributed by atoms with van der Waals surface area (Å²) >= 11 is 2.02. The Morgan fingerprint density at radius 2 is 2.12 bits per heavy atom. The molecule has 1 heterocycles. The fourth-order valence-corrected chi connectivity index (χ4v) is 3.77. The van der Waals surface area contributed by atoms with Crippen molar-refractivity contribution in [2.75, 3.05) is 36.5 Å². The molecule has 1 aromatic rings. The third kappa shape index (κ3) is 5.23. The Labute approximate surface area is 149 Å². The SMILES string of the molecule is Cc1ccc(CN2CCSCC2)cc1NC(=O)C(C)OCC1CC1. The quantitative estimate of drug-likeness (QED) is 0.821. The van der Waals surface area contributed by atoms with Crippen LogP contribution in [0.25, 0.3) is 0 Å². The smallest absolute Gasteiger partial charge is 0.253 e. The van der Waals surface area contributed by atoms with Crippen LogP contribution in [0.3, 0.4) is 0 Å². The summed E-state index contributed by atoms with van der Waals surface area (Å²) in [7, 11) is 0. The van der Waals surface area contributed by atoms with Crippen molar-refractivity contribution in [3.05, 3.63) is 29.3 Å². The minimum absolute atomic E-state index is 0.0507. The molecule has 1 atom stereocenters. The van der Waals surface area contributed by atoms with Crippen molar-refractivity contribution in [2.24, 2.45) is 5.92 Å². The van der Waals surface area contributed by atoms with Crippen LogP contribution in [0, 0.1) is 12.8 Å². The molecule has 0 bridgehead atoms. The van der Waals surface area contributed by atoms with Gasteiger partial charge in [-0.05, 0) is 49.8 Å². The molecular weight excluding hydrogens is 320 g/mol. The van der Waals surface area contributed by atoms with Crippen LogP contribution in [-0.4, -0.2) is 48.1 Å². The van der Waals surface area contributed by atoms with E-state index < -0.39 is 6.10 Å². The molecule has 5 heteroatoms. The number of aryl methyl sites for hydroxylation is 1. The van der Waals surface area contributed by atoms with Gasteiger partial charge >= 0.3 is 0 Å². The van der Waals surface area contributed by atoms with Crippen LogP contribution in [-0.2, 0) is 16.1 Å². The van der Waals surface area contributed by atoms with Crippen molar-refractivity contribution in [3.8, 4) is 0 Å². The Hall–Kier alpha value is -1.04. The number of rotatable bonds is 7. The Morgan fingerprint density at radius 1 is 1.38 bits per heavy atom. The minimum Gasteiger partial charge on any atom is -0.368 e. The first kappa shape index (κ1) is 17.8. The molecule has 0 spiro atoms. The van der Waals surface area contributed by atoms with Crippen LogP contribution in [0.1, 0.15) is 30.9 Å². The Balaban J connectivity index is 1.56. The number of nitrogens with one attached hydrogen (secondary N) is 1. The number of carbonyl (C=O) groups is 1. The van der Waals surface area contributed by atoms with E-state index in [1.807, 2.05) is 25.6 Å². The van der Waals surface area contributed by atoms with Crippen molar-refractivity contribution in [3.63, 3.8) is 0 Å². The lowest BCUT2D eigenvalue weighted by atomic mass is 10.1. The minimum atomic E-state index is -0.396. The predicted molar refractivity (Wildman–Crippen MR) is 101 cm³/mol. The number of carbonyl (C=O) groups excluding carboxylic acids is 1. The number of nitrogens with zero attached hydrogens (tertiary/aromatic N) is 1. The molecule has 0 radical (unpaired) electrons. The van der Waals surface area contributed by atoms with E-state index in [-0.39, 0.29) is 5.91 Å². The molecule has 1 unspecified atom stereocenters. The number of benzene rings is 1.